The molecule has 0 N–H and O–H groups in total. The molecule has 0 aliphatic carbocycles. The van der Waals surface area contributed by atoms with E-state index < -0.39 is 0 Å². The molecule has 0 fully saturated rings. The lowest BCUT2D eigenvalue weighted by Gasteiger charge is -2.21. The van der Waals surface area contributed by atoms with E-state index >= 15 is 0 Å². The van der Waals surface area contributed by atoms with Gasteiger partial charge in [0.05, 0.1) is 0 Å². The number of rotatable bonds is 5. The lowest BCUT2D eigenvalue weighted by Crippen LogP contribution is -2.04. The zero-order valence-electron chi connectivity index (χ0n) is 28.1. The number of hydrogen-bond acceptors (Lipinski definition) is 0. The van der Waals surface area contributed by atoms with E-state index in [-0.39, 0.29) is 5.92 Å². The molecule has 0 saturated heterocycles. The molecule has 0 spiro atoms. The SMILES string of the molecule is c1ccc2cc(C(c3ccc(-c4c5ccccc5cc5ccccc45)cc3)c3ccc(-c4c5ccccc5cc5ccccc45)cc3)ccc2c1. The molecule has 0 saturated carbocycles. The second kappa shape index (κ2) is 12.1. The average molecular weight is 647 g/mol. The van der Waals surface area contributed by atoms with Crippen molar-refractivity contribution in [3.63, 3.8) is 0 Å². The predicted molar refractivity (Wildman–Crippen MR) is 219 cm³/mol. The van der Waals surface area contributed by atoms with Gasteiger partial charge in [-0.05, 0) is 105 Å². The molecule has 0 radical (unpaired) electrons. The molecule has 10 aromatic carbocycles. The third kappa shape index (κ3) is 5.07. The number of fused-ring (bicyclic) bond motifs is 5. The largest absolute Gasteiger partial charge is 0.0616 e. The van der Waals surface area contributed by atoms with Crippen molar-refractivity contribution in [2.75, 3.05) is 0 Å². The highest BCUT2D eigenvalue weighted by Gasteiger charge is 2.19. The van der Waals surface area contributed by atoms with Crippen molar-refractivity contribution in [3.8, 4) is 22.3 Å². The smallest absolute Gasteiger partial charge is 0.0340 e. The van der Waals surface area contributed by atoms with Crippen molar-refractivity contribution >= 4 is 53.9 Å². The van der Waals surface area contributed by atoms with E-state index in [2.05, 4.69) is 200 Å². The molecule has 0 heterocycles. The maximum absolute atomic E-state index is 2.37. The third-order valence-corrected chi connectivity index (χ3v) is 10.7. The monoisotopic (exact) mass is 646 g/mol. The summed E-state index contributed by atoms with van der Waals surface area (Å²) in [6.45, 7) is 0. The van der Waals surface area contributed by atoms with Gasteiger partial charge in [-0.2, -0.15) is 0 Å². The van der Waals surface area contributed by atoms with Crippen LogP contribution in [-0.4, -0.2) is 0 Å². The first kappa shape index (κ1) is 29.4. The van der Waals surface area contributed by atoms with Crippen LogP contribution in [0, 0.1) is 0 Å². The molecule has 0 atom stereocenters. The summed E-state index contributed by atoms with van der Waals surface area (Å²) in [4.78, 5) is 0. The van der Waals surface area contributed by atoms with Crippen molar-refractivity contribution < 1.29 is 0 Å². The standard InChI is InChI=1S/C51H34/c1-2-12-39-31-44(30-21-34(39)11-1)49(35-22-26-37(27-23-35)50-45-17-7-3-13-40(45)32-41-14-4-8-18-46(41)50)36-24-28-38(29-25-36)51-47-19-9-5-15-42(47)33-43-16-6-10-20-48(43)51/h1-33,49H. The molecule has 0 aliphatic heterocycles. The molecular weight excluding hydrogens is 613 g/mol. The zero-order chi connectivity index (χ0) is 33.7. The van der Waals surface area contributed by atoms with Gasteiger partial charge in [0.2, 0.25) is 0 Å². The fourth-order valence-electron chi connectivity index (χ4n) is 8.30. The Morgan fingerprint density at radius 1 is 0.235 bits per heavy atom. The summed E-state index contributed by atoms with van der Waals surface area (Å²) in [6, 6.07) is 73.9. The molecule has 0 bridgehead atoms. The van der Waals surface area contributed by atoms with Crippen LogP contribution in [0.1, 0.15) is 22.6 Å². The van der Waals surface area contributed by atoms with E-state index in [1.54, 1.807) is 0 Å². The van der Waals surface area contributed by atoms with E-state index in [1.165, 1.54) is 92.8 Å². The average Bonchev–Trinajstić information content (AvgIpc) is 3.20. The summed E-state index contributed by atoms with van der Waals surface area (Å²) in [5, 5.41) is 12.7. The van der Waals surface area contributed by atoms with E-state index in [0.717, 1.165) is 0 Å². The number of benzene rings is 10. The van der Waals surface area contributed by atoms with Gasteiger partial charge in [0, 0.05) is 5.92 Å². The minimum atomic E-state index is 0.0752. The Morgan fingerprint density at radius 2 is 0.569 bits per heavy atom. The summed E-state index contributed by atoms with van der Waals surface area (Å²) < 4.78 is 0. The molecular formula is C51H34. The minimum Gasteiger partial charge on any atom is -0.0616 e. The first-order valence-electron chi connectivity index (χ1n) is 17.8. The molecule has 0 heteroatoms. The van der Waals surface area contributed by atoms with Crippen LogP contribution in [0.5, 0.6) is 0 Å². The second-order valence-electron chi connectivity index (χ2n) is 13.7. The van der Waals surface area contributed by atoms with Crippen LogP contribution in [-0.2, 0) is 0 Å². The minimum absolute atomic E-state index is 0.0752. The van der Waals surface area contributed by atoms with Gasteiger partial charge in [0.1, 0.15) is 0 Å². The Kier molecular flexibility index (Phi) is 6.99. The van der Waals surface area contributed by atoms with E-state index in [1.807, 2.05) is 0 Å². The van der Waals surface area contributed by atoms with Crippen LogP contribution >= 0.6 is 0 Å². The van der Waals surface area contributed by atoms with Crippen LogP contribution in [0.15, 0.2) is 200 Å². The van der Waals surface area contributed by atoms with Gasteiger partial charge in [0.25, 0.3) is 0 Å². The Morgan fingerprint density at radius 3 is 0.980 bits per heavy atom. The molecule has 10 rings (SSSR count). The van der Waals surface area contributed by atoms with Gasteiger partial charge in [-0.3, -0.25) is 0 Å². The topological polar surface area (TPSA) is 0 Å². The highest BCUT2D eigenvalue weighted by molar-refractivity contribution is 6.13. The van der Waals surface area contributed by atoms with Crippen molar-refractivity contribution in [1.82, 2.24) is 0 Å². The van der Waals surface area contributed by atoms with E-state index in [9.17, 15) is 0 Å². The summed E-state index contributed by atoms with van der Waals surface area (Å²) >= 11 is 0. The van der Waals surface area contributed by atoms with Crippen molar-refractivity contribution in [2.24, 2.45) is 0 Å². The summed E-state index contributed by atoms with van der Waals surface area (Å²) in [5.41, 5.74) is 8.92. The van der Waals surface area contributed by atoms with Gasteiger partial charge < -0.3 is 0 Å². The fourth-order valence-corrected chi connectivity index (χ4v) is 8.30. The first-order chi connectivity index (χ1) is 25.3. The quantitative estimate of drug-likeness (QED) is 0.129. The molecule has 0 nitrogen and oxygen atoms in total. The van der Waals surface area contributed by atoms with Gasteiger partial charge >= 0.3 is 0 Å². The van der Waals surface area contributed by atoms with Gasteiger partial charge in [-0.25, -0.2) is 0 Å². The zero-order valence-corrected chi connectivity index (χ0v) is 28.1. The summed E-state index contributed by atoms with van der Waals surface area (Å²) in [7, 11) is 0. The van der Waals surface area contributed by atoms with Crippen LogP contribution in [0.3, 0.4) is 0 Å². The van der Waals surface area contributed by atoms with Crippen LogP contribution in [0.25, 0.3) is 76.1 Å². The summed E-state index contributed by atoms with van der Waals surface area (Å²) in [6.07, 6.45) is 0. The Hall–Kier alpha value is -6.50. The fraction of sp³-hybridized carbons (Fsp3) is 0.0196. The van der Waals surface area contributed by atoms with Gasteiger partial charge in [-0.15, -0.1) is 0 Å². The van der Waals surface area contributed by atoms with Gasteiger partial charge in [0.15, 0.2) is 0 Å². The summed E-state index contributed by atoms with van der Waals surface area (Å²) in [5.74, 6) is 0.0752. The van der Waals surface area contributed by atoms with Crippen molar-refractivity contribution in [3.05, 3.63) is 217 Å². The molecule has 0 aromatic heterocycles. The van der Waals surface area contributed by atoms with E-state index in [4.69, 9.17) is 0 Å². The molecule has 10 aromatic rings. The van der Waals surface area contributed by atoms with Crippen molar-refractivity contribution in [2.45, 2.75) is 5.92 Å². The highest BCUT2D eigenvalue weighted by Crippen LogP contribution is 2.41. The number of hydrogen-bond donors (Lipinski definition) is 0. The lowest BCUT2D eigenvalue weighted by atomic mass is 9.82. The maximum atomic E-state index is 2.37. The Bertz CT molecular complexity index is 2620. The van der Waals surface area contributed by atoms with Crippen LogP contribution in [0.4, 0.5) is 0 Å². The normalized spacial score (nSPS) is 11.7. The lowest BCUT2D eigenvalue weighted by molar-refractivity contribution is 0.981. The molecule has 51 heavy (non-hydrogen) atoms. The third-order valence-electron chi connectivity index (χ3n) is 10.7. The predicted octanol–water partition coefficient (Wildman–Crippen LogP) is 14.0. The van der Waals surface area contributed by atoms with Crippen molar-refractivity contribution in [1.29, 1.82) is 0 Å². The molecule has 0 amide bonds. The molecule has 0 unspecified atom stereocenters. The van der Waals surface area contributed by atoms with E-state index in [0.29, 0.717) is 0 Å². The Balaban J connectivity index is 1.12. The Labute approximate surface area is 297 Å². The molecule has 0 aliphatic rings. The van der Waals surface area contributed by atoms with Crippen LogP contribution in [0.2, 0.25) is 0 Å². The van der Waals surface area contributed by atoms with Crippen LogP contribution < -0.4 is 0 Å². The maximum Gasteiger partial charge on any atom is 0.0340 e. The first-order valence-corrected chi connectivity index (χ1v) is 17.8. The second-order valence-corrected chi connectivity index (χ2v) is 13.7. The highest BCUT2D eigenvalue weighted by atomic mass is 14.2. The molecule has 238 valence electrons. The van der Waals surface area contributed by atoms with Gasteiger partial charge in [-0.1, -0.05) is 188 Å².